The number of phenols is 1. The molecule has 1 fully saturated rings. The Labute approximate surface area is 172 Å². The molecule has 0 bridgehead atoms. The van der Waals surface area contributed by atoms with E-state index in [-0.39, 0.29) is 11.6 Å². The monoisotopic (exact) mass is 393 g/mol. The van der Waals surface area contributed by atoms with Crippen molar-refractivity contribution in [3.05, 3.63) is 83.3 Å². The smallest absolute Gasteiger partial charge is 0.124 e. The van der Waals surface area contributed by atoms with Gasteiger partial charge in [0, 0.05) is 43.0 Å². The van der Waals surface area contributed by atoms with E-state index in [4.69, 9.17) is 17.2 Å². The third-order valence-electron chi connectivity index (χ3n) is 5.45. The van der Waals surface area contributed by atoms with Crippen molar-refractivity contribution < 1.29 is 5.11 Å². The highest BCUT2D eigenvalue weighted by atomic mass is 16.3. The van der Waals surface area contributed by atoms with Crippen LogP contribution in [0.4, 0.5) is 0 Å². The summed E-state index contributed by atoms with van der Waals surface area (Å²) in [7, 11) is 0. The summed E-state index contributed by atoms with van der Waals surface area (Å²) in [5.41, 5.74) is 21.3. The van der Waals surface area contributed by atoms with E-state index < -0.39 is 0 Å². The van der Waals surface area contributed by atoms with Gasteiger partial charge in [0.05, 0.1) is 5.70 Å². The van der Waals surface area contributed by atoms with Gasteiger partial charge in [-0.1, -0.05) is 42.5 Å². The second kappa shape index (κ2) is 8.92. The highest BCUT2D eigenvalue weighted by Gasteiger charge is 2.30. The van der Waals surface area contributed by atoms with Crippen molar-refractivity contribution in [3.8, 4) is 5.75 Å². The Morgan fingerprint density at radius 3 is 2.14 bits per heavy atom. The number of nitrogens with zero attached hydrogens (tertiary/aromatic N) is 2. The summed E-state index contributed by atoms with van der Waals surface area (Å²) in [4.78, 5) is 4.67. The lowest BCUT2D eigenvalue weighted by molar-refractivity contribution is 0.0506. The van der Waals surface area contributed by atoms with Crippen LogP contribution < -0.4 is 17.2 Å². The standard InChI is InChI=1S/C23H31N5O/c1-16-13-27(14-17(2)28(16)15-18-8-4-3-5-9-18)21(23(25)26)12-20(24)19-10-6-7-11-22(19)29/h3-12,16-17,29H,13-15,24-26H2,1-2H3/b20-12-. The predicted molar refractivity (Wildman–Crippen MR) is 118 cm³/mol. The highest BCUT2D eigenvalue weighted by Crippen LogP contribution is 2.26. The number of allylic oxidation sites excluding steroid dienone is 1. The van der Waals surface area contributed by atoms with Gasteiger partial charge in [0.1, 0.15) is 11.6 Å². The van der Waals surface area contributed by atoms with E-state index in [9.17, 15) is 5.11 Å². The minimum absolute atomic E-state index is 0.130. The van der Waals surface area contributed by atoms with Gasteiger partial charge >= 0.3 is 0 Å². The number of hydrogen-bond acceptors (Lipinski definition) is 6. The van der Waals surface area contributed by atoms with Crippen LogP contribution in [-0.4, -0.2) is 40.1 Å². The van der Waals surface area contributed by atoms with Gasteiger partial charge in [-0.25, -0.2) is 0 Å². The van der Waals surface area contributed by atoms with Crippen molar-refractivity contribution in [2.75, 3.05) is 13.1 Å². The Balaban J connectivity index is 1.79. The van der Waals surface area contributed by atoms with Crippen LogP contribution in [0.5, 0.6) is 5.75 Å². The van der Waals surface area contributed by atoms with Gasteiger partial charge in [-0.15, -0.1) is 0 Å². The molecule has 0 radical (unpaired) electrons. The number of phenolic OH excluding ortho intramolecular Hbond substituents is 1. The van der Waals surface area contributed by atoms with Crippen LogP contribution in [0.2, 0.25) is 0 Å². The van der Waals surface area contributed by atoms with Crippen molar-refractivity contribution in [3.63, 3.8) is 0 Å². The van der Waals surface area contributed by atoms with Crippen LogP contribution >= 0.6 is 0 Å². The molecule has 1 aliphatic heterocycles. The van der Waals surface area contributed by atoms with Crippen LogP contribution in [0.1, 0.15) is 25.0 Å². The third kappa shape index (κ3) is 4.84. The maximum Gasteiger partial charge on any atom is 0.124 e. The Bertz CT molecular complexity index is 877. The number of aromatic hydroxyl groups is 1. The SMILES string of the molecule is CC1CN(C(/C=C(\N)c2ccccc2O)=C(N)N)CC(C)N1Cc1ccccc1. The first-order valence-corrected chi connectivity index (χ1v) is 9.92. The van der Waals surface area contributed by atoms with Crippen molar-refractivity contribution in [2.45, 2.75) is 32.5 Å². The Morgan fingerprint density at radius 1 is 0.966 bits per heavy atom. The zero-order valence-corrected chi connectivity index (χ0v) is 17.1. The summed E-state index contributed by atoms with van der Waals surface area (Å²) in [5, 5.41) is 10.1. The molecule has 2 unspecified atom stereocenters. The van der Waals surface area contributed by atoms with Crippen LogP contribution in [-0.2, 0) is 6.54 Å². The van der Waals surface area contributed by atoms with Crippen molar-refractivity contribution in [1.29, 1.82) is 0 Å². The zero-order chi connectivity index (χ0) is 21.0. The maximum absolute atomic E-state index is 10.1. The topological polar surface area (TPSA) is 105 Å². The van der Waals surface area contributed by atoms with E-state index in [1.165, 1.54) is 5.56 Å². The van der Waals surface area contributed by atoms with Gasteiger partial charge in [-0.05, 0) is 37.6 Å². The molecule has 29 heavy (non-hydrogen) atoms. The number of rotatable bonds is 5. The van der Waals surface area contributed by atoms with Gasteiger partial charge in [0.25, 0.3) is 0 Å². The van der Waals surface area contributed by atoms with Gasteiger partial charge < -0.3 is 27.2 Å². The molecule has 2 aromatic rings. The lowest BCUT2D eigenvalue weighted by atomic mass is 10.0. The molecule has 2 atom stereocenters. The number of benzene rings is 2. The van der Waals surface area contributed by atoms with Crippen molar-refractivity contribution in [1.82, 2.24) is 9.80 Å². The molecule has 6 nitrogen and oxygen atoms in total. The van der Waals surface area contributed by atoms with E-state index in [0.717, 1.165) is 19.6 Å². The quantitative estimate of drug-likeness (QED) is 0.582. The Kier molecular flexibility index (Phi) is 6.34. The molecule has 2 aromatic carbocycles. The van der Waals surface area contributed by atoms with E-state index in [0.29, 0.717) is 29.0 Å². The second-order valence-electron chi connectivity index (χ2n) is 7.72. The molecule has 6 heteroatoms. The second-order valence-corrected chi connectivity index (χ2v) is 7.72. The predicted octanol–water partition coefficient (Wildman–Crippen LogP) is 2.37. The molecule has 1 saturated heterocycles. The fourth-order valence-corrected chi connectivity index (χ4v) is 3.96. The molecular formula is C23H31N5O. The molecule has 0 aromatic heterocycles. The average Bonchev–Trinajstić information content (AvgIpc) is 2.69. The highest BCUT2D eigenvalue weighted by molar-refractivity contribution is 5.69. The maximum atomic E-state index is 10.1. The first-order chi connectivity index (χ1) is 13.9. The summed E-state index contributed by atoms with van der Waals surface area (Å²) in [5.74, 6) is 0.352. The molecule has 0 aliphatic carbocycles. The van der Waals surface area contributed by atoms with E-state index in [1.807, 2.05) is 12.1 Å². The normalized spacial score (nSPS) is 20.5. The number of nitrogens with two attached hydrogens (primary N) is 3. The number of piperazine rings is 1. The molecule has 1 heterocycles. The van der Waals surface area contributed by atoms with Gasteiger partial charge in [-0.2, -0.15) is 0 Å². The first kappa shape index (κ1) is 20.6. The lowest BCUT2D eigenvalue weighted by Gasteiger charge is -2.46. The van der Waals surface area contributed by atoms with Crippen molar-refractivity contribution in [2.24, 2.45) is 17.2 Å². The fraction of sp³-hybridized carbons (Fsp3) is 0.304. The summed E-state index contributed by atoms with van der Waals surface area (Å²) in [6, 6.07) is 18.1. The summed E-state index contributed by atoms with van der Waals surface area (Å²) in [6.45, 7) is 6.91. The van der Waals surface area contributed by atoms with Gasteiger partial charge in [0.2, 0.25) is 0 Å². The lowest BCUT2D eigenvalue weighted by Crippen LogP contribution is -2.56. The summed E-state index contributed by atoms with van der Waals surface area (Å²) < 4.78 is 0. The molecular weight excluding hydrogens is 362 g/mol. The third-order valence-corrected chi connectivity index (χ3v) is 5.45. The molecule has 0 saturated carbocycles. The Morgan fingerprint density at radius 2 is 1.55 bits per heavy atom. The summed E-state index contributed by atoms with van der Waals surface area (Å²) in [6.07, 6.45) is 1.76. The number of para-hydroxylation sites is 1. The largest absolute Gasteiger partial charge is 0.507 e. The zero-order valence-electron chi connectivity index (χ0n) is 17.1. The van der Waals surface area contributed by atoms with E-state index >= 15 is 0 Å². The minimum Gasteiger partial charge on any atom is -0.507 e. The van der Waals surface area contributed by atoms with Crippen LogP contribution in [0, 0.1) is 0 Å². The minimum atomic E-state index is 0.130. The van der Waals surface area contributed by atoms with Gasteiger partial charge in [-0.3, -0.25) is 4.90 Å². The van der Waals surface area contributed by atoms with Crippen LogP contribution in [0.3, 0.4) is 0 Å². The first-order valence-electron chi connectivity index (χ1n) is 9.92. The molecule has 1 aliphatic rings. The molecule has 7 N–H and O–H groups in total. The van der Waals surface area contributed by atoms with Crippen LogP contribution in [0.25, 0.3) is 5.70 Å². The molecule has 0 amide bonds. The van der Waals surface area contributed by atoms with Gasteiger partial charge in [0.15, 0.2) is 0 Å². The molecule has 3 rings (SSSR count). The Hall–Kier alpha value is -3.12. The van der Waals surface area contributed by atoms with E-state index in [2.05, 4.69) is 47.9 Å². The average molecular weight is 394 g/mol. The van der Waals surface area contributed by atoms with E-state index in [1.54, 1.807) is 24.3 Å². The van der Waals surface area contributed by atoms with Crippen LogP contribution in [0.15, 0.2) is 72.2 Å². The molecule has 0 spiro atoms. The fourth-order valence-electron chi connectivity index (χ4n) is 3.96. The van der Waals surface area contributed by atoms with Crippen molar-refractivity contribution >= 4 is 5.70 Å². The molecule has 154 valence electrons. The number of hydrogen-bond donors (Lipinski definition) is 4. The summed E-state index contributed by atoms with van der Waals surface area (Å²) >= 11 is 0.